The Morgan fingerprint density at radius 1 is 0.576 bits per heavy atom. The van der Waals surface area contributed by atoms with Crippen LogP contribution in [-0.2, 0) is 14.3 Å². The zero-order valence-electron chi connectivity index (χ0n) is 32.0. The Bertz CT molecular complexity index is 2750. The summed E-state index contributed by atoms with van der Waals surface area (Å²) in [5.74, 6) is 2.58. The Kier molecular flexibility index (Phi) is 9.22. The number of hydrogen-bond donors (Lipinski definition) is 2. The van der Waals surface area contributed by atoms with Crippen LogP contribution in [0.2, 0.25) is 0 Å². The molecule has 2 aromatic carbocycles. The zero-order chi connectivity index (χ0) is 39.9. The molecule has 3 aliphatic rings. The SMILES string of the molecule is Nc1nc(-c2cccc(N3CCC(=O)CC3)c2)cc2nc(-c3ccco3)nn12.Nc1nc(-c2cccc(N3CCC4(CC3)OCCO4)c2)cc2nc(-c3ccco3)nn12. The fourth-order valence-electron chi connectivity index (χ4n) is 7.77. The lowest BCUT2D eigenvalue weighted by molar-refractivity contribution is -0.169. The Labute approximate surface area is 337 Å². The first kappa shape index (κ1) is 36.2. The number of fused-ring (bicyclic) bond motifs is 2. The highest BCUT2D eigenvalue weighted by Crippen LogP contribution is 2.35. The number of anilines is 4. The third-order valence-corrected chi connectivity index (χ3v) is 10.9. The second-order valence-corrected chi connectivity index (χ2v) is 14.6. The third-order valence-electron chi connectivity index (χ3n) is 10.9. The molecule has 3 saturated heterocycles. The maximum Gasteiger partial charge on any atom is 0.223 e. The fraction of sp³-hybridized carbons (Fsp3) is 0.262. The van der Waals surface area contributed by atoms with E-state index in [0.717, 1.165) is 72.9 Å². The summed E-state index contributed by atoms with van der Waals surface area (Å²) in [6.07, 6.45) is 6.08. The number of benzene rings is 2. The van der Waals surface area contributed by atoms with E-state index in [-0.39, 0.29) is 17.7 Å². The number of furan rings is 2. The average Bonchev–Trinajstić information content (AvgIpc) is 4.12. The van der Waals surface area contributed by atoms with Crippen LogP contribution in [0.25, 0.3) is 57.0 Å². The van der Waals surface area contributed by atoms with Crippen molar-refractivity contribution in [3.8, 4) is 45.7 Å². The highest BCUT2D eigenvalue weighted by Gasteiger charge is 2.39. The molecule has 0 amide bonds. The number of ether oxygens (including phenoxy) is 2. The largest absolute Gasteiger partial charge is 0.461 e. The highest BCUT2D eigenvalue weighted by molar-refractivity contribution is 5.81. The van der Waals surface area contributed by atoms with Gasteiger partial charge in [0.25, 0.3) is 0 Å². The first-order valence-corrected chi connectivity index (χ1v) is 19.5. The van der Waals surface area contributed by atoms with Crippen LogP contribution < -0.4 is 21.3 Å². The van der Waals surface area contributed by atoms with Gasteiger partial charge in [-0.3, -0.25) is 4.79 Å². The van der Waals surface area contributed by atoms with Crippen molar-refractivity contribution in [3.63, 3.8) is 0 Å². The molecule has 17 nitrogen and oxygen atoms in total. The van der Waals surface area contributed by atoms with Crippen LogP contribution in [0, 0.1) is 0 Å². The number of Topliss-reactive ketones (excluding diaryl/α,β-unsaturated/α-hetero) is 1. The van der Waals surface area contributed by atoms with E-state index in [1.807, 2.05) is 48.5 Å². The molecule has 8 aromatic rings. The van der Waals surface area contributed by atoms with Crippen molar-refractivity contribution < 1.29 is 23.1 Å². The van der Waals surface area contributed by atoms with Crippen LogP contribution >= 0.6 is 0 Å². The number of piperidine rings is 2. The lowest BCUT2D eigenvalue weighted by Crippen LogP contribution is -2.45. The summed E-state index contributed by atoms with van der Waals surface area (Å²) in [4.78, 5) is 34.2. The van der Waals surface area contributed by atoms with Crippen LogP contribution in [0.4, 0.5) is 23.3 Å². The number of nitrogens with zero attached hydrogens (tertiary/aromatic N) is 10. The van der Waals surface area contributed by atoms with Crippen LogP contribution in [-0.4, -0.2) is 90.1 Å². The molecule has 4 N–H and O–H groups in total. The molecule has 0 aliphatic carbocycles. The van der Waals surface area contributed by atoms with Gasteiger partial charge in [-0.2, -0.15) is 9.03 Å². The quantitative estimate of drug-likeness (QED) is 0.205. The first-order valence-electron chi connectivity index (χ1n) is 19.5. The molecule has 0 unspecified atom stereocenters. The van der Waals surface area contributed by atoms with Crippen molar-refractivity contribution in [2.45, 2.75) is 31.5 Å². The molecular weight excluding hydrogens is 753 g/mol. The summed E-state index contributed by atoms with van der Waals surface area (Å²) in [5.41, 5.74) is 19.1. The lowest BCUT2D eigenvalue weighted by atomic mass is 10.0. The van der Waals surface area contributed by atoms with Crippen molar-refractivity contribution in [2.24, 2.45) is 0 Å². The summed E-state index contributed by atoms with van der Waals surface area (Å²) in [6, 6.07) is 27.3. The molecule has 0 radical (unpaired) electrons. The molecule has 3 fully saturated rings. The van der Waals surface area contributed by atoms with Crippen molar-refractivity contribution >= 4 is 40.3 Å². The van der Waals surface area contributed by atoms with E-state index in [2.05, 4.69) is 58.1 Å². The molecule has 0 bridgehead atoms. The monoisotopic (exact) mass is 792 g/mol. The Morgan fingerprint density at radius 3 is 1.54 bits per heavy atom. The van der Waals surface area contributed by atoms with Gasteiger partial charge in [0.05, 0.1) is 37.1 Å². The maximum atomic E-state index is 11.5. The van der Waals surface area contributed by atoms with Gasteiger partial charge in [0, 0.05) is 86.5 Å². The summed E-state index contributed by atoms with van der Waals surface area (Å²) in [5, 5.41) is 8.78. The average molecular weight is 793 g/mol. The van der Waals surface area contributed by atoms with Gasteiger partial charge in [-0.1, -0.05) is 24.3 Å². The smallest absolute Gasteiger partial charge is 0.223 e. The lowest BCUT2D eigenvalue weighted by Gasteiger charge is -2.38. The van der Waals surface area contributed by atoms with Crippen molar-refractivity contribution in [1.82, 2.24) is 39.2 Å². The molecule has 298 valence electrons. The van der Waals surface area contributed by atoms with E-state index in [0.29, 0.717) is 66.3 Å². The number of nitrogen functional groups attached to an aromatic ring is 2. The van der Waals surface area contributed by atoms with E-state index in [4.69, 9.17) is 29.8 Å². The Hall–Kier alpha value is -7.11. The van der Waals surface area contributed by atoms with Crippen LogP contribution in [0.1, 0.15) is 25.7 Å². The first-order chi connectivity index (χ1) is 28.9. The molecule has 11 rings (SSSR count). The van der Waals surface area contributed by atoms with Crippen molar-refractivity contribution in [3.05, 3.63) is 97.5 Å². The molecule has 6 aromatic heterocycles. The van der Waals surface area contributed by atoms with E-state index in [1.54, 1.807) is 30.7 Å². The molecule has 0 atom stereocenters. The second-order valence-electron chi connectivity index (χ2n) is 14.6. The Balaban J connectivity index is 0.000000143. The van der Waals surface area contributed by atoms with Crippen molar-refractivity contribution in [1.29, 1.82) is 0 Å². The summed E-state index contributed by atoms with van der Waals surface area (Å²) in [6.45, 7) is 4.63. The van der Waals surface area contributed by atoms with Crippen LogP contribution in [0.5, 0.6) is 0 Å². The standard InChI is InChI=1S/C22H22N6O3.C20H18N6O2/c23-21-24-17(14-19-25-20(26-28(19)21)18-5-2-10-29-18)15-3-1-4-16(13-15)27-8-6-22(7-9-27)30-11-12-31-22;21-20-22-16(12-18-23-19(24-26(18)20)17-5-2-10-28-17)13-3-1-4-14(11-13)25-8-6-15(27)7-9-25/h1-5,10,13-14H,6-9,11-12H2,(H2,23,24);1-5,10-12H,6-9H2,(H2,21,22). The van der Waals surface area contributed by atoms with Gasteiger partial charge < -0.3 is 39.6 Å². The summed E-state index contributed by atoms with van der Waals surface area (Å²) >= 11 is 0. The highest BCUT2D eigenvalue weighted by atomic mass is 16.7. The van der Waals surface area contributed by atoms with Gasteiger partial charge in [0.1, 0.15) is 5.78 Å². The van der Waals surface area contributed by atoms with Gasteiger partial charge in [-0.05, 0) is 48.5 Å². The van der Waals surface area contributed by atoms with E-state index < -0.39 is 0 Å². The fourth-order valence-corrected chi connectivity index (χ4v) is 7.77. The Morgan fingerprint density at radius 2 is 1.07 bits per heavy atom. The summed E-state index contributed by atoms with van der Waals surface area (Å²) in [7, 11) is 0. The van der Waals surface area contributed by atoms with Crippen molar-refractivity contribution in [2.75, 3.05) is 60.7 Å². The zero-order valence-corrected chi connectivity index (χ0v) is 32.0. The number of carbonyl (C=O) groups is 1. The van der Waals surface area contributed by atoms with E-state index >= 15 is 0 Å². The minimum atomic E-state index is -0.380. The van der Waals surface area contributed by atoms with E-state index in [9.17, 15) is 4.79 Å². The van der Waals surface area contributed by atoms with Gasteiger partial charge in [-0.25, -0.2) is 19.9 Å². The van der Waals surface area contributed by atoms with Gasteiger partial charge in [0.15, 0.2) is 28.6 Å². The molecule has 59 heavy (non-hydrogen) atoms. The van der Waals surface area contributed by atoms with Gasteiger partial charge in [-0.15, -0.1) is 10.2 Å². The summed E-state index contributed by atoms with van der Waals surface area (Å²) < 4.78 is 25.5. The molecule has 1 spiro atoms. The number of aromatic nitrogens is 8. The number of ketones is 1. The predicted octanol–water partition coefficient (Wildman–Crippen LogP) is 5.78. The van der Waals surface area contributed by atoms with Crippen LogP contribution in [0.15, 0.2) is 106 Å². The van der Waals surface area contributed by atoms with Gasteiger partial charge in [0.2, 0.25) is 23.5 Å². The molecule has 0 saturated carbocycles. The molecular formula is C42H40N12O5. The number of rotatable bonds is 6. The third kappa shape index (κ3) is 7.21. The number of hydrogen-bond acceptors (Lipinski definition) is 15. The molecule has 9 heterocycles. The van der Waals surface area contributed by atoms with Gasteiger partial charge >= 0.3 is 0 Å². The topological polar surface area (TPSA) is 206 Å². The normalized spacial score (nSPS) is 16.6. The van der Waals surface area contributed by atoms with Crippen LogP contribution in [0.3, 0.4) is 0 Å². The maximum absolute atomic E-state index is 11.5. The minimum Gasteiger partial charge on any atom is -0.461 e. The second kappa shape index (κ2) is 15.0. The number of nitrogens with two attached hydrogens (primary N) is 2. The predicted molar refractivity (Wildman–Crippen MR) is 219 cm³/mol. The molecule has 17 heteroatoms. The van der Waals surface area contributed by atoms with E-state index in [1.165, 1.54) is 9.03 Å². The minimum absolute atomic E-state index is 0.256. The molecule has 3 aliphatic heterocycles. The number of carbonyl (C=O) groups excluding carboxylic acids is 1.